The van der Waals surface area contributed by atoms with Crippen LogP contribution in [0.5, 0.6) is 0 Å². The van der Waals surface area contributed by atoms with Crippen LogP contribution in [0.4, 0.5) is 0 Å². The first-order valence-electron chi connectivity index (χ1n) is 8.78. The predicted molar refractivity (Wildman–Crippen MR) is 78.5 cm³/mol. The van der Waals surface area contributed by atoms with Gasteiger partial charge in [0.1, 0.15) is 0 Å². The van der Waals surface area contributed by atoms with Crippen molar-refractivity contribution in [3.8, 4) is 0 Å². The van der Waals surface area contributed by atoms with Crippen LogP contribution in [0, 0.1) is 5.92 Å². The van der Waals surface area contributed by atoms with Crippen molar-refractivity contribution in [3.05, 3.63) is 0 Å². The molecule has 0 aromatic rings. The Hall–Kier alpha value is -0.120. The zero-order chi connectivity index (χ0) is 13.6. The van der Waals surface area contributed by atoms with Crippen LogP contribution in [0.3, 0.4) is 0 Å². The van der Waals surface area contributed by atoms with Crippen LogP contribution in [-0.4, -0.2) is 30.0 Å². The van der Waals surface area contributed by atoms with Crippen molar-refractivity contribution >= 4 is 0 Å². The summed E-state index contributed by atoms with van der Waals surface area (Å²) < 4.78 is 12.5. The van der Waals surface area contributed by atoms with Gasteiger partial charge in [0.25, 0.3) is 0 Å². The average Bonchev–Trinajstić information content (AvgIpc) is 3.12. The van der Waals surface area contributed by atoms with E-state index in [0.717, 1.165) is 25.4 Å². The number of hydrogen-bond acceptors (Lipinski definition) is 3. The van der Waals surface area contributed by atoms with Gasteiger partial charge >= 0.3 is 0 Å². The molecule has 2 aliphatic carbocycles. The monoisotopic (exact) mass is 279 g/mol. The molecule has 2 saturated carbocycles. The van der Waals surface area contributed by atoms with Crippen molar-refractivity contribution in [1.82, 2.24) is 0 Å². The number of rotatable bonds is 3. The molecule has 0 aromatic heterocycles. The van der Waals surface area contributed by atoms with Crippen LogP contribution in [0.1, 0.15) is 70.6 Å². The molecule has 3 nitrogen and oxygen atoms in total. The molecule has 20 heavy (non-hydrogen) atoms. The normalized spacial score (nSPS) is 44.2. The average molecular weight is 279 g/mol. The second-order valence-corrected chi connectivity index (χ2v) is 7.84. The second-order valence-electron chi connectivity index (χ2n) is 7.84. The van der Waals surface area contributed by atoms with Gasteiger partial charge in [-0.2, -0.15) is 0 Å². The summed E-state index contributed by atoms with van der Waals surface area (Å²) in [6.07, 6.45) is 14.5. The lowest BCUT2D eigenvalue weighted by Crippen LogP contribution is -2.51. The van der Waals surface area contributed by atoms with Crippen LogP contribution in [0.25, 0.3) is 0 Å². The fourth-order valence-corrected chi connectivity index (χ4v) is 4.93. The highest BCUT2D eigenvalue weighted by Gasteiger charge is 2.51. The second kappa shape index (κ2) is 4.96. The third-order valence-corrected chi connectivity index (χ3v) is 6.19. The van der Waals surface area contributed by atoms with E-state index in [2.05, 4.69) is 0 Å². The Kier molecular flexibility index (Phi) is 3.36. The first kappa shape index (κ1) is 13.5. The fraction of sp³-hybridized carbons (Fsp3) is 1.00. The molecule has 3 atom stereocenters. The number of hydrogen-bond donors (Lipinski definition) is 1. The Morgan fingerprint density at radius 3 is 2.50 bits per heavy atom. The molecule has 0 bridgehead atoms. The molecule has 114 valence electrons. The summed E-state index contributed by atoms with van der Waals surface area (Å²) in [5, 5.41) is 0. The molecule has 2 heterocycles. The van der Waals surface area contributed by atoms with Crippen LogP contribution in [-0.2, 0) is 9.47 Å². The zero-order valence-electron chi connectivity index (χ0n) is 12.6. The minimum absolute atomic E-state index is 0.105. The predicted octanol–water partition coefficient (Wildman–Crippen LogP) is 3.15. The van der Waals surface area contributed by atoms with E-state index in [-0.39, 0.29) is 11.1 Å². The van der Waals surface area contributed by atoms with Crippen LogP contribution >= 0.6 is 0 Å². The number of nitrogens with two attached hydrogens (primary N) is 1. The maximum absolute atomic E-state index is 6.74. The standard InChI is InChI=1S/C17H29NO2/c18-17(10-11-19-15(17)13-4-5-13)12-14-6-9-16(20-14)7-2-1-3-8-16/h13-15H,1-12,18H2. The van der Waals surface area contributed by atoms with Crippen molar-refractivity contribution in [2.24, 2.45) is 11.7 Å². The molecular formula is C17H29NO2. The van der Waals surface area contributed by atoms with Crippen molar-refractivity contribution in [3.63, 3.8) is 0 Å². The van der Waals surface area contributed by atoms with Crippen molar-refractivity contribution < 1.29 is 9.47 Å². The SMILES string of the molecule is NC1(CC2CCC3(CCCCC3)O2)CCOC1C1CC1. The highest BCUT2D eigenvalue weighted by Crippen LogP contribution is 2.47. The Bertz CT molecular complexity index is 362. The molecule has 4 fully saturated rings. The smallest absolute Gasteiger partial charge is 0.0784 e. The van der Waals surface area contributed by atoms with E-state index in [1.54, 1.807) is 0 Å². The highest BCUT2D eigenvalue weighted by atomic mass is 16.5. The Labute approximate surface area is 122 Å². The molecular weight excluding hydrogens is 250 g/mol. The highest BCUT2D eigenvalue weighted by molar-refractivity contribution is 5.05. The minimum Gasteiger partial charge on any atom is -0.376 e. The first-order valence-corrected chi connectivity index (χ1v) is 8.78. The van der Waals surface area contributed by atoms with Gasteiger partial charge in [-0.1, -0.05) is 19.3 Å². The Morgan fingerprint density at radius 2 is 1.75 bits per heavy atom. The third kappa shape index (κ3) is 2.42. The van der Waals surface area contributed by atoms with Gasteiger partial charge in [0.15, 0.2) is 0 Å². The summed E-state index contributed by atoms with van der Waals surface area (Å²) in [6, 6.07) is 0. The van der Waals surface area contributed by atoms with E-state index >= 15 is 0 Å². The molecule has 2 saturated heterocycles. The molecule has 0 amide bonds. The van der Waals surface area contributed by atoms with Gasteiger partial charge in [-0.3, -0.25) is 0 Å². The maximum Gasteiger partial charge on any atom is 0.0784 e. The Morgan fingerprint density at radius 1 is 0.950 bits per heavy atom. The van der Waals surface area contributed by atoms with Gasteiger partial charge in [0.2, 0.25) is 0 Å². The Balaban J connectivity index is 1.39. The summed E-state index contributed by atoms with van der Waals surface area (Å²) >= 11 is 0. The lowest BCUT2D eigenvalue weighted by Gasteiger charge is -2.36. The molecule has 2 aliphatic heterocycles. The molecule has 4 rings (SSSR count). The van der Waals surface area contributed by atoms with E-state index < -0.39 is 0 Å². The van der Waals surface area contributed by atoms with E-state index in [0.29, 0.717) is 12.2 Å². The molecule has 0 radical (unpaired) electrons. The van der Waals surface area contributed by atoms with Crippen molar-refractivity contribution in [2.75, 3.05) is 6.61 Å². The topological polar surface area (TPSA) is 44.5 Å². The summed E-state index contributed by atoms with van der Waals surface area (Å²) in [7, 11) is 0. The lowest BCUT2D eigenvalue weighted by atomic mass is 9.82. The van der Waals surface area contributed by atoms with E-state index in [4.69, 9.17) is 15.2 Å². The van der Waals surface area contributed by atoms with Gasteiger partial charge in [0, 0.05) is 12.1 Å². The zero-order valence-corrected chi connectivity index (χ0v) is 12.6. The number of ether oxygens (including phenoxy) is 2. The molecule has 2 N–H and O–H groups in total. The van der Waals surface area contributed by atoms with E-state index in [1.165, 1.54) is 57.8 Å². The largest absolute Gasteiger partial charge is 0.376 e. The quantitative estimate of drug-likeness (QED) is 0.863. The van der Waals surface area contributed by atoms with E-state index in [9.17, 15) is 0 Å². The minimum atomic E-state index is -0.105. The molecule has 4 aliphatic rings. The maximum atomic E-state index is 6.74. The summed E-state index contributed by atoms with van der Waals surface area (Å²) in [5.74, 6) is 0.743. The van der Waals surface area contributed by atoms with Gasteiger partial charge in [-0.25, -0.2) is 0 Å². The molecule has 3 unspecified atom stereocenters. The summed E-state index contributed by atoms with van der Waals surface area (Å²) in [5.41, 5.74) is 6.86. The fourth-order valence-electron chi connectivity index (χ4n) is 4.93. The summed E-state index contributed by atoms with van der Waals surface area (Å²) in [4.78, 5) is 0. The van der Waals surface area contributed by atoms with E-state index in [1.807, 2.05) is 0 Å². The van der Waals surface area contributed by atoms with Crippen LogP contribution in [0.15, 0.2) is 0 Å². The van der Waals surface area contributed by atoms with Gasteiger partial charge in [-0.15, -0.1) is 0 Å². The first-order chi connectivity index (χ1) is 9.69. The molecule has 0 aromatic carbocycles. The summed E-state index contributed by atoms with van der Waals surface area (Å²) in [6.45, 7) is 0.857. The van der Waals surface area contributed by atoms with Crippen molar-refractivity contribution in [1.29, 1.82) is 0 Å². The van der Waals surface area contributed by atoms with Crippen LogP contribution in [0.2, 0.25) is 0 Å². The lowest BCUT2D eigenvalue weighted by molar-refractivity contribution is -0.0754. The van der Waals surface area contributed by atoms with Gasteiger partial charge in [0.05, 0.1) is 17.8 Å². The van der Waals surface area contributed by atoms with Crippen molar-refractivity contribution in [2.45, 2.75) is 94.0 Å². The molecule has 3 heteroatoms. The third-order valence-electron chi connectivity index (χ3n) is 6.19. The van der Waals surface area contributed by atoms with Crippen LogP contribution < -0.4 is 5.73 Å². The molecule has 1 spiro atoms. The van der Waals surface area contributed by atoms with Gasteiger partial charge < -0.3 is 15.2 Å². The van der Waals surface area contributed by atoms with Gasteiger partial charge in [-0.05, 0) is 57.3 Å².